The number of hydrogen-bond acceptors (Lipinski definition) is 7. The van der Waals surface area contributed by atoms with Gasteiger partial charge < -0.3 is 19.7 Å². The van der Waals surface area contributed by atoms with Crippen molar-refractivity contribution in [1.29, 1.82) is 0 Å². The van der Waals surface area contributed by atoms with Crippen molar-refractivity contribution in [2.24, 2.45) is 4.99 Å². The molecule has 6 nitrogen and oxygen atoms in total. The summed E-state index contributed by atoms with van der Waals surface area (Å²) in [5, 5.41) is 20.9. The first-order valence-electron chi connectivity index (χ1n) is 7.06. The van der Waals surface area contributed by atoms with Crippen LogP contribution in [0.1, 0.15) is 16.9 Å². The van der Waals surface area contributed by atoms with Gasteiger partial charge in [0, 0.05) is 36.3 Å². The highest BCUT2D eigenvalue weighted by molar-refractivity contribution is 7.73. The number of carboxylic acid groups (broad SMARTS) is 1. The molecule has 1 aliphatic rings. The van der Waals surface area contributed by atoms with Crippen molar-refractivity contribution >= 4 is 53.1 Å². The highest BCUT2D eigenvalue weighted by Crippen LogP contribution is 2.37. The predicted molar refractivity (Wildman–Crippen MR) is 93.4 cm³/mol. The third-order valence-corrected chi connectivity index (χ3v) is 4.96. The monoisotopic (exact) mass is 361 g/mol. The quantitative estimate of drug-likeness (QED) is 0.826. The molecule has 0 bridgehead atoms. The number of aromatic hydroxyl groups is 1. The number of ether oxygens (including phenoxy) is 1. The number of hydrogen-bond donors (Lipinski definition) is 1. The van der Waals surface area contributed by atoms with E-state index in [0.717, 1.165) is 16.8 Å². The van der Waals surface area contributed by atoms with Crippen LogP contribution in [0, 0.1) is 3.95 Å². The van der Waals surface area contributed by atoms with E-state index in [-0.39, 0.29) is 18.8 Å². The fourth-order valence-corrected chi connectivity index (χ4v) is 3.67. The lowest BCUT2D eigenvalue weighted by Crippen LogP contribution is -2.23. The number of nitrogens with zero attached hydrogens (tertiary/aromatic N) is 2. The lowest BCUT2D eigenvalue weighted by molar-refractivity contribution is -0.305. The van der Waals surface area contributed by atoms with Crippen LogP contribution in [0.25, 0.3) is 11.6 Å². The first-order chi connectivity index (χ1) is 11.5. The smallest absolute Gasteiger partial charge is 0.210 e. The predicted octanol–water partition coefficient (Wildman–Crippen LogP) is 2.39. The molecule has 0 unspecified atom stereocenters. The summed E-state index contributed by atoms with van der Waals surface area (Å²) < 4.78 is 7.02. The van der Waals surface area contributed by atoms with E-state index in [9.17, 15) is 15.0 Å². The first-order valence-corrected chi connectivity index (χ1v) is 8.28. The van der Waals surface area contributed by atoms with Crippen molar-refractivity contribution in [2.45, 2.75) is 13.0 Å². The van der Waals surface area contributed by atoms with E-state index in [1.807, 2.05) is 18.2 Å². The van der Waals surface area contributed by atoms with Crippen molar-refractivity contribution < 1.29 is 19.7 Å². The molecule has 2 aromatic rings. The van der Waals surface area contributed by atoms with Crippen LogP contribution >= 0.6 is 23.6 Å². The van der Waals surface area contributed by atoms with Crippen LogP contribution in [0.2, 0.25) is 0 Å². The highest BCUT2D eigenvalue weighted by atomic mass is 32.1. The molecule has 0 spiro atoms. The van der Waals surface area contributed by atoms with Gasteiger partial charge in [-0.2, -0.15) is 0 Å². The summed E-state index contributed by atoms with van der Waals surface area (Å²) in [7, 11) is 1.59. The number of carboxylic acids is 1. The number of carbonyl (C=O) groups is 1. The summed E-state index contributed by atoms with van der Waals surface area (Å²) >= 11 is 6.41. The van der Waals surface area contributed by atoms with Gasteiger partial charge in [0.1, 0.15) is 5.75 Å². The standard InChI is InChI=1S/C16H14N2O4S2/c1-22-10-2-3-12-11(7-10)9(8-17-12)6-13-15(21)18(16(23)24-13)5-4-14(19)20/h2-3,6-8,21H,4-5H2,1H3,(H,19,20)/p-1/b9-6+. The summed E-state index contributed by atoms with van der Waals surface area (Å²) in [6.07, 6.45) is 3.27. The topological polar surface area (TPSA) is 86.9 Å². The van der Waals surface area contributed by atoms with E-state index in [4.69, 9.17) is 17.0 Å². The van der Waals surface area contributed by atoms with Gasteiger partial charge in [0.2, 0.25) is 5.88 Å². The third kappa shape index (κ3) is 3.10. The summed E-state index contributed by atoms with van der Waals surface area (Å²) in [5.41, 5.74) is 2.54. The third-order valence-electron chi connectivity index (χ3n) is 3.58. The van der Waals surface area contributed by atoms with Crippen LogP contribution in [0.4, 0.5) is 5.69 Å². The Morgan fingerprint density at radius 3 is 3.04 bits per heavy atom. The maximum absolute atomic E-state index is 10.6. The van der Waals surface area contributed by atoms with Gasteiger partial charge in [0.25, 0.3) is 0 Å². The maximum atomic E-state index is 10.6. The van der Waals surface area contributed by atoms with Crippen molar-refractivity contribution in [3.8, 4) is 11.6 Å². The molecule has 8 heteroatoms. The van der Waals surface area contributed by atoms with Crippen molar-refractivity contribution in [3.63, 3.8) is 0 Å². The number of allylic oxidation sites excluding steroid dienone is 1. The summed E-state index contributed by atoms with van der Waals surface area (Å²) in [5.74, 6) is -0.525. The Morgan fingerprint density at radius 1 is 1.54 bits per heavy atom. The van der Waals surface area contributed by atoms with Gasteiger partial charge in [0.15, 0.2) is 3.95 Å². The summed E-state index contributed by atoms with van der Waals surface area (Å²) in [6, 6.07) is 5.56. The zero-order chi connectivity index (χ0) is 17.3. The van der Waals surface area contributed by atoms with Crippen LogP contribution in [0.3, 0.4) is 0 Å². The molecule has 1 aromatic carbocycles. The minimum atomic E-state index is -1.19. The zero-order valence-corrected chi connectivity index (χ0v) is 14.3. The lowest BCUT2D eigenvalue weighted by Gasteiger charge is -2.05. The Hall–Kier alpha value is -2.45. The van der Waals surface area contributed by atoms with Crippen molar-refractivity contribution in [1.82, 2.24) is 4.57 Å². The Balaban J connectivity index is 1.97. The number of carbonyl (C=O) groups excluding carboxylic acids is 1. The molecule has 0 aliphatic carbocycles. The number of aliphatic carboxylic acids is 1. The van der Waals surface area contributed by atoms with Gasteiger partial charge in [-0.1, -0.05) is 0 Å². The van der Waals surface area contributed by atoms with Gasteiger partial charge in [-0.25, -0.2) is 0 Å². The average molecular weight is 361 g/mol. The highest BCUT2D eigenvalue weighted by Gasteiger charge is 2.16. The van der Waals surface area contributed by atoms with Gasteiger partial charge in [0.05, 0.1) is 17.7 Å². The average Bonchev–Trinajstić information content (AvgIpc) is 3.07. The van der Waals surface area contributed by atoms with E-state index in [0.29, 0.717) is 14.6 Å². The minimum Gasteiger partial charge on any atom is -0.550 e. The second-order valence-corrected chi connectivity index (χ2v) is 6.75. The van der Waals surface area contributed by atoms with Crippen molar-refractivity contribution in [3.05, 3.63) is 32.6 Å². The lowest BCUT2D eigenvalue weighted by atomic mass is 10.1. The Kier molecular flexibility index (Phi) is 4.50. The van der Waals surface area contributed by atoms with E-state index in [1.165, 1.54) is 15.9 Å². The van der Waals surface area contributed by atoms with Crippen LogP contribution < -0.4 is 9.84 Å². The summed E-state index contributed by atoms with van der Waals surface area (Å²) in [6.45, 7) is 0.0746. The second-order valence-electron chi connectivity index (χ2n) is 5.07. The van der Waals surface area contributed by atoms with E-state index < -0.39 is 5.97 Å². The molecule has 1 N–H and O–H groups in total. The molecular weight excluding hydrogens is 348 g/mol. The molecule has 1 aliphatic heterocycles. The van der Waals surface area contributed by atoms with Crippen LogP contribution in [-0.2, 0) is 11.3 Å². The number of benzene rings is 1. The number of aliphatic imine (C=N–C) groups is 1. The molecule has 24 heavy (non-hydrogen) atoms. The van der Waals surface area contributed by atoms with Crippen molar-refractivity contribution in [2.75, 3.05) is 7.11 Å². The Morgan fingerprint density at radius 2 is 2.33 bits per heavy atom. The molecule has 0 saturated heterocycles. The number of thiazole rings is 1. The molecule has 0 fully saturated rings. The molecule has 1 aromatic heterocycles. The normalized spacial score (nSPS) is 14.1. The van der Waals surface area contributed by atoms with Crippen LogP contribution in [-0.4, -0.2) is 29.0 Å². The van der Waals surface area contributed by atoms with Gasteiger partial charge in [-0.15, -0.1) is 11.3 Å². The first kappa shape index (κ1) is 16.4. The largest absolute Gasteiger partial charge is 0.550 e. The number of fused-ring (bicyclic) bond motifs is 1. The molecular formula is C16H13N2O4S2-. The fourth-order valence-electron chi connectivity index (χ4n) is 2.36. The Labute approximate surface area is 147 Å². The maximum Gasteiger partial charge on any atom is 0.210 e. The molecule has 0 amide bonds. The molecule has 3 rings (SSSR count). The van der Waals surface area contributed by atoms with Crippen LogP contribution in [0.15, 0.2) is 23.2 Å². The second kappa shape index (κ2) is 6.58. The van der Waals surface area contributed by atoms with Crippen LogP contribution in [0.5, 0.6) is 11.6 Å². The fraction of sp³-hybridized carbons (Fsp3) is 0.188. The molecule has 0 radical (unpaired) electrons. The van der Waals surface area contributed by atoms with E-state index in [2.05, 4.69) is 4.99 Å². The number of rotatable bonds is 5. The molecule has 124 valence electrons. The van der Waals surface area contributed by atoms with Gasteiger partial charge >= 0.3 is 0 Å². The van der Waals surface area contributed by atoms with E-state index in [1.54, 1.807) is 19.4 Å². The van der Waals surface area contributed by atoms with E-state index >= 15 is 0 Å². The number of aromatic nitrogens is 1. The Bertz CT molecular complexity index is 925. The SMILES string of the molecule is COc1ccc2c(c1)/C(=C/c1sc(=S)n(CCC(=O)[O-])c1O)C=N2. The van der Waals surface area contributed by atoms with Gasteiger partial charge in [-0.05, 0) is 36.5 Å². The molecule has 2 heterocycles. The molecule has 0 saturated carbocycles. The zero-order valence-electron chi connectivity index (χ0n) is 12.7. The minimum absolute atomic E-state index is 0.0523. The van der Waals surface area contributed by atoms with Gasteiger partial charge in [-0.3, -0.25) is 9.56 Å². The molecule has 0 atom stereocenters. The number of methoxy groups -OCH3 is 1. The summed E-state index contributed by atoms with van der Waals surface area (Å²) in [4.78, 5) is 15.5.